The van der Waals surface area contributed by atoms with E-state index in [-0.39, 0.29) is 0 Å². The smallest absolute Gasteiger partial charge is 0.120 e. The number of piperidine rings is 1. The molecule has 0 bridgehead atoms. The van der Waals surface area contributed by atoms with Gasteiger partial charge in [-0.3, -0.25) is 0 Å². The number of halogens is 1. The van der Waals surface area contributed by atoms with Crippen LogP contribution >= 0.6 is 11.6 Å². The van der Waals surface area contributed by atoms with E-state index in [4.69, 9.17) is 11.6 Å². The Morgan fingerprint density at radius 2 is 1.65 bits per heavy atom. The molecular weight excluding hydrogens is 404 g/mol. The Bertz CT molecular complexity index is 867. The van der Waals surface area contributed by atoms with Crippen LogP contribution in [0.3, 0.4) is 0 Å². The molecule has 1 N–H and O–H groups in total. The standard InChI is InChI=1S/C27H35ClN2O/c1-27(2,31)16-12-22-4-6-24(7-5-22)20-29(3)21-25-14-18-30(19-15-25)17-13-23-8-10-26(28)11-9-23/h4-11,25,31H,13-15,17-21H2,1-3H3. The van der Waals surface area contributed by atoms with Gasteiger partial charge >= 0.3 is 0 Å². The van der Waals surface area contributed by atoms with Gasteiger partial charge in [0.15, 0.2) is 0 Å². The molecule has 1 aliphatic rings. The van der Waals surface area contributed by atoms with Crippen molar-refractivity contribution in [2.75, 3.05) is 33.2 Å². The van der Waals surface area contributed by atoms with Crippen molar-refractivity contribution in [3.63, 3.8) is 0 Å². The molecular formula is C27H35ClN2O. The monoisotopic (exact) mass is 438 g/mol. The first kappa shape index (κ1) is 23.8. The summed E-state index contributed by atoms with van der Waals surface area (Å²) in [4.78, 5) is 5.03. The lowest BCUT2D eigenvalue weighted by Gasteiger charge is -2.34. The van der Waals surface area contributed by atoms with E-state index in [1.54, 1.807) is 13.8 Å². The van der Waals surface area contributed by atoms with Crippen LogP contribution in [0.1, 0.15) is 43.4 Å². The number of likely N-dealkylation sites (tertiary alicyclic amines) is 1. The molecule has 166 valence electrons. The SMILES string of the molecule is CN(Cc1ccc(C#CC(C)(C)O)cc1)CC1CCN(CCc2ccc(Cl)cc2)CC1. The second-order valence-electron chi connectivity index (χ2n) is 9.36. The first-order valence-electron chi connectivity index (χ1n) is 11.3. The van der Waals surface area contributed by atoms with Gasteiger partial charge in [0.05, 0.1) is 0 Å². The summed E-state index contributed by atoms with van der Waals surface area (Å²) in [6.07, 6.45) is 3.64. The van der Waals surface area contributed by atoms with Crippen LogP contribution in [-0.4, -0.2) is 53.7 Å². The van der Waals surface area contributed by atoms with E-state index in [2.05, 4.69) is 53.0 Å². The third-order valence-electron chi connectivity index (χ3n) is 5.83. The summed E-state index contributed by atoms with van der Waals surface area (Å²) in [6, 6.07) is 16.6. The average Bonchev–Trinajstić information content (AvgIpc) is 2.73. The highest BCUT2D eigenvalue weighted by atomic mass is 35.5. The van der Waals surface area contributed by atoms with Gasteiger partial charge in [0.1, 0.15) is 5.60 Å². The third-order valence-corrected chi connectivity index (χ3v) is 6.08. The van der Waals surface area contributed by atoms with Crippen molar-refractivity contribution in [3.8, 4) is 11.8 Å². The van der Waals surface area contributed by atoms with Crippen molar-refractivity contribution >= 4 is 11.6 Å². The lowest BCUT2D eigenvalue weighted by Crippen LogP contribution is -2.38. The number of hydrogen-bond donors (Lipinski definition) is 1. The number of hydrogen-bond acceptors (Lipinski definition) is 3. The molecule has 0 amide bonds. The lowest BCUT2D eigenvalue weighted by molar-refractivity contribution is 0.143. The van der Waals surface area contributed by atoms with Gasteiger partial charge in [-0.15, -0.1) is 0 Å². The molecule has 2 aromatic carbocycles. The molecule has 0 atom stereocenters. The Labute approximate surface area is 193 Å². The summed E-state index contributed by atoms with van der Waals surface area (Å²) in [5.74, 6) is 6.67. The van der Waals surface area contributed by atoms with Gasteiger partial charge < -0.3 is 14.9 Å². The van der Waals surface area contributed by atoms with Gasteiger partial charge in [-0.2, -0.15) is 0 Å². The van der Waals surface area contributed by atoms with E-state index in [0.717, 1.165) is 42.6 Å². The summed E-state index contributed by atoms with van der Waals surface area (Å²) in [6.45, 7) is 9.02. The van der Waals surface area contributed by atoms with Gasteiger partial charge in [-0.1, -0.05) is 47.7 Å². The molecule has 2 aromatic rings. The van der Waals surface area contributed by atoms with Crippen molar-refractivity contribution in [2.24, 2.45) is 5.92 Å². The van der Waals surface area contributed by atoms with E-state index in [1.807, 2.05) is 24.3 Å². The topological polar surface area (TPSA) is 26.7 Å². The molecule has 1 heterocycles. The minimum Gasteiger partial charge on any atom is -0.378 e. The quantitative estimate of drug-likeness (QED) is 0.626. The van der Waals surface area contributed by atoms with Crippen molar-refractivity contribution in [2.45, 2.75) is 45.3 Å². The molecule has 4 heteroatoms. The Morgan fingerprint density at radius 1 is 1.03 bits per heavy atom. The average molecular weight is 439 g/mol. The number of rotatable bonds is 7. The molecule has 0 aliphatic carbocycles. The van der Waals surface area contributed by atoms with E-state index in [9.17, 15) is 5.11 Å². The van der Waals surface area contributed by atoms with Crippen molar-refractivity contribution in [1.82, 2.24) is 9.80 Å². The lowest BCUT2D eigenvalue weighted by atomic mass is 9.95. The molecule has 0 aromatic heterocycles. The van der Waals surface area contributed by atoms with E-state index in [1.165, 1.54) is 37.1 Å². The fourth-order valence-corrected chi connectivity index (χ4v) is 4.19. The molecule has 0 saturated carbocycles. The van der Waals surface area contributed by atoms with Crippen LogP contribution in [0.2, 0.25) is 5.02 Å². The highest BCUT2D eigenvalue weighted by Crippen LogP contribution is 2.20. The molecule has 1 aliphatic heterocycles. The maximum absolute atomic E-state index is 9.73. The molecule has 31 heavy (non-hydrogen) atoms. The Kier molecular flexibility index (Phi) is 8.58. The number of aliphatic hydroxyl groups is 1. The van der Waals surface area contributed by atoms with Crippen molar-refractivity contribution < 1.29 is 5.11 Å². The van der Waals surface area contributed by atoms with E-state index < -0.39 is 5.60 Å². The predicted molar refractivity (Wildman–Crippen MR) is 130 cm³/mol. The summed E-state index contributed by atoms with van der Waals surface area (Å²) in [5, 5.41) is 10.5. The van der Waals surface area contributed by atoms with Crippen LogP contribution in [0, 0.1) is 17.8 Å². The fraction of sp³-hybridized carbons (Fsp3) is 0.481. The summed E-state index contributed by atoms with van der Waals surface area (Å²) < 4.78 is 0. The molecule has 0 radical (unpaired) electrons. The number of benzene rings is 2. The summed E-state index contributed by atoms with van der Waals surface area (Å²) in [5.41, 5.74) is 2.66. The molecule has 3 rings (SSSR count). The van der Waals surface area contributed by atoms with E-state index >= 15 is 0 Å². The van der Waals surface area contributed by atoms with Crippen LogP contribution in [-0.2, 0) is 13.0 Å². The van der Waals surface area contributed by atoms with Crippen LogP contribution < -0.4 is 0 Å². The van der Waals surface area contributed by atoms with Crippen LogP contribution in [0.5, 0.6) is 0 Å². The Morgan fingerprint density at radius 3 is 2.26 bits per heavy atom. The zero-order chi connectivity index (χ0) is 22.3. The van der Waals surface area contributed by atoms with Crippen molar-refractivity contribution in [1.29, 1.82) is 0 Å². The van der Waals surface area contributed by atoms with Gasteiger partial charge in [-0.05, 0) is 94.6 Å². The molecule has 1 saturated heterocycles. The minimum atomic E-state index is -0.954. The van der Waals surface area contributed by atoms with Gasteiger partial charge in [0.2, 0.25) is 0 Å². The van der Waals surface area contributed by atoms with Crippen molar-refractivity contribution in [3.05, 3.63) is 70.2 Å². The maximum atomic E-state index is 9.73. The normalized spacial score (nSPS) is 15.7. The first-order chi connectivity index (χ1) is 14.8. The number of nitrogens with zero attached hydrogens (tertiary/aromatic N) is 2. The van der Waals surface area contributed by atoms with Crippen LogP contribution in [0.4, 0.5) is 0 Å². The Balaban J connectivity index is 1.38. The van der Waals surface area contributed by atoms with E-state index in [0.29, 0.717) is 0 Å². The highest BCUT2D eigenvalue weighted by Gasteiger charge is 2.20. The van der Waals surface area contributed by atoms with Gasteiger partial charge in [0, 0.05) is 30.2 Å². The zero-order valence-corrected chi connectivity index (χ0v) is 19.8. The Hall–Kier alpha value is -1.83. The second kappa shape index (κ2) is 11.2. The summed E-state index contributed by atoms with van der Waals surface area (Å²) >= 11 is 5.98. The summed E-state index contributed by atoms with van der Waals surface area (Å²) in [7, 11) is 2.22. The highest BCUT2D eigenvalue weighted by molar-refractivity contribution is 6.30. The minimum absolute atomic E-state index is 0.772. The second-order valence-corrected chi connectivity index (χ2v) is 9.80. The van der Waals surface area contributed by atoms with Crippen LogP contribution in [0.25, 0.3) is 0 Å². The van der Waals surface area contributed by atoms with Crippen LogP contribution in [0.15, 0.2) is 48.5 Å². The molecule has 1 fully saturated rings. The van der Waals surface area contributed by atoms with Gasteiger partial charge in [-0.25, -0.2) is 0 Å². The molecule has 0 spiro atoms. The largest absolute Gasteiger partial charge is 0.378 e. The molecule has 3 nitrogen and oxygen atoms in total. The third kappa shape index (κ3) is 8.67. The maximum Gasteiger partial charge on any atom is 0.120 e. The van der Waals surface area contributed by atoms with Gasteiger partial charge in [0.25, 0.3) is 0 Å². The fourth-order valence-electron chi connectivity index (χ4n) is 4.07. The molecule has 0 unspecified atom stereocenters. The zero-order valence-electron chi connectivity index (χ0n) is 19.1. The first-order valence-corrected chi connectivity index (χ1v) is 11.6. The predicted octanol–water partition coefficient (Wildman–Crippen LogP) is 4.85.